The predicted octanol–water partition coefficient (Wildman–Crippen LogP) is 5.47. The summed E-state index contributed by atoms with van der Waals surface area (Å²) in [5.74, 6) is -0.388. The molecule has 0 unspecified atom stereocenters. The van der Waals surface area contributed by atoms with Crippen molar-refractivity contribution in [3.63, 3.8) is 0 Å². The molecule has 0 aliphatic carbocycles. The minimum atomic E-state index is -0.388. The molecule has 30 heavy (non-hydrogen) atoms. The summed E-state index contributed by atoms with van der Waals surface area (Å²) < 4.78 is 6.77. The number of esters is 1. The number of hydrogen-bond acceptors (Lipinski definition) is 4. The highest BCUT2D eigenvalue weighted by Crippen LogP contribution is 2.21. The molecule has 5 heteroatoms. The van der Waals surface area contributed by atoms with Crippen LogP contribution >= 0.6 is 0 Å². The SMILES string of the molecule is CC.COC(=O)c1ccnc(-c2cn(Cc3cccc(-c4ccccc4)c3)cn2)c1. The second-order valence-corrected chi connectivity index (χ2v) is 6.42. The van der Waals surface area contributed by atoms with Gasteiger partial charge in [0, 0.05) is 18.9 Å². The Morgan fingerprint density at radius 2 is 1.67 bits per heavy atom. The first-order chi connectivity index (χ1) is 14.7. The lowest BCUT2D eigenvalue weighted by Gasteiger charge is -2.06. The van der Waals surface area contributed by atoms with Crippen molar-refractivity contribution in [1.82, 2.24) is 14.5 Å². The number of imidazole rings is 1. The fraction of sp³-hybridized carbons (Fsp3) is 0.160. The Bertz CT molecular complexity index is 1100. The van der Waals surface area contributed by atoms with Crippen molar-refractivity contribution in [2.75, 3.05) is 7.11 Å². The van der Waals surface area contributed by atoms with Crippen LogP contribution < -0.4 is 0 Å². The van der Waals surface area contributed by atoms with Crippen LogP contribution in [0.5, 0.6) is 0 Å². The molecule has 2 aromatic carbocycles. The van der Waals surface area contributed by atoms with Gasteiger partial charge in [-0.15, -0.1) is 0 Å². The maximum absolute atomic E-state index is 11.7. The third-order valence-corrected chi connectivity index (χ3v) is 4.48. The highest BCUT2D eigenvalue weighted by Gasteiger charge is 2.10. The second kappa shape index (κ2) is 10.2. The fourth-order valence-corrected chi connectivity index (χ4v) is 3.08. The molecular formula is C25H25N3O2. The number of benzene rings is 2. The highest BCUT2D eigenvalue weighted by molar-refractivity contribution is 5.90. The number of carbonyl (C=O) groups excluding carboxylic acids is 1. The minimum Gasteiger partial charge on any atom is -0.465 e. The van der Waals surface area contributed by atoms with Gasteiger partial charge in [0.1, 0.15) is 5.69 Å². The summed E-state index contributed by atoms with van der Waals surface area (Å²) in [7, 11) is 1.36. The molecule has 0 aliphatic rings. The Hall–Kier alpha value is -3.73. The van der Waals surface area contributed by atoms with Crippen LogP contribution in [-0.4, -0.2) is 27.6 Å². The van der Waals surface area contributed by atoms with E-state index >= 15 is 0 Å². The molecule has 2 aromatic heterocycles. The first kappa shape index (κ1) is 21.0. The smallest absolute Gasteiger partial charge is 0.337 e. The molecule has 0 radical (unpaired) electrons. The Kier molecular flexibility index (Phi) is 7.11. The summed E-state index contributed by atoms with van der Waals surface area (Å²) in [6, 6.07) is 22.1. The lowest BCUT2D eigenvalue weighted by Crippen LogP contribution is -2.01. The first-order valence-corrected chi connectivity index (χ1v) is 9.94. The zero-order valence-corrected chi connectivity index (χ0v) is 17.4. The number of carbonyl (C=O) groups is 1. The molecule has 0 saturated carbocycles. The maximum atomic E-state index is 11.7. The van der Waals surface area contributed by atoms with Gasteiger partial charge in [-0.1, -0.05) is 62.4 Å². The van der Waals surface area contributed by atoms with Crippen molar-refractivity contribution in [2.24, 2.45) is 0 Å². The average Bonchev–Trinajstić information content (AvgIpc) is 3.29. The molecule has 0 aliphatic heterocycles. The van der Waals surface area contributed by atoms with Crippen LogP contribution in [0.15, 0.2) is 85.5 Å². The number of aromatic nitrogens is 3. The van der Waals surface area contributed by atoms with Gasteiger partial charge in [-0.05, 0) is 34.9 Å². The van der Waals surface area contributed by atoms with Crippen molar-refractivity contribution >= 4 is 5.97 Å². The Labute approximate surface area is 177 Å². The van der Waals surface area contributed by atoms with Gasteiger partial charge in [-0.3, -0.25) is 4.98 Å². The molecule has 0 amide bonds. The van der Waals surface area contributed by atoms with Crippen LogP contribution in [0.2, 0.25) is 0 Å². The van der Waals surface area contributed by atoms with Gasteiger partial charge >= 0.3 is 5.97 Å². The van der Waals surface area contributed by atoms with Crippen LogP contribution in [0.1, 0.15) is 29.8 Å². The maximum Gasteiger partial charge on any atom is 0.337 e. The van der Waals surface area contributed by atoms with Crippen molar-refractivity contribution < 1.29 is 9.53 Å². The van der Waals surface area contributed by atoms with Gasteiger partial charge in [0.15, 0.2) is 0 Å². The van der Waals surface area contributed by atoms with E-state index in [4.69, 9.17) is 4.74 Å². The van der Waals surface area contributed by atoms with E-state index in [2.05, 4.69) is 46.4 Å². The Morgan fingerprint density at radius 3 is 2.43 bits per heavy atom. The quantitative estimate of drug-likeness (QED) is 0.417. The van der Waals surface area contributed by atoms with Crippen LogP contribution in [0.3, 0.4) is 0 Å². The molecule has 0 N–H and O–H groups in total. The average molecular weight is 399 g/mol. The number of ether oxygens (including phenoxy) is 1. The van der Waals surface area contributed by atoms with Crippen LogP contribution in [0.25, 0.3) is 22.5 Å². The largest absolute Gasteiger partial charge is 0.465 e. The number of rotatable bonds is 5. The number of pyridine rings is 1. The van der Waals surface area contributed by atoms with Crippen LogP contribution in [0, 0.1) is 0 Å². The molecule has 0 atom stereocenters. The van der Waals surface area contributed by atoms with E-state index < -0.39 is 0 Å². The van der Waals surface area contributed by atoms with Crippen molar-refractivity contribution in [3.05, 3.63) is 96.6 Å². The predicted molar refractivity (Wildman–Crippen MR) is 119 cm³/mol. The van der Waals surface area contributed by atoms with Gasteiger partial charge in [0.05, 0.1) is 24.7 Å². The van der Waals surface area contributed by atoms with E-state index in [1.54, 1.807) is 24.7 Å². The van der Waals surface area contributed by atoms with Crippen LogP contribution in [0.4, 0.5) is 0 Å². The van der Waals surface area contributed by atoms with E-state index in [-0.39, 0.29) is 5.97 Å². The lowest BCUT2D eigenvalue weighted by atomic mass is 10.0. The molecule has 152 valence electrons. The summed E-state index contributed by atoms with van der Waals surface area (Å²) in [6.45, 7) is 4.70. The molecule has 0 saturated heterocycles. The summed E-state index contributed by atoms with van der Waals surface area (Å²) in [5, 5.41) is 0. The zero-order chi connectivity index (χ0) is 21.3. The summed E-state index contributed by atoms with van der Waals surface area (Å²) >= 11 is 0. The number of nitrogens with zero attached hydrogens (tertiary/aromatic N) is 3. The van der Waals surface area contributed by atoms with Gasteiger partial charge in [0.2, 0.25) is 0 Å². The van der Waals surface area contributed by atoms with Gasteiger partial charge < -0.3 is 9.30 Å². The Morgan fingerprint density at radius 1 is 0.900 bits per heavy atom. The third-order valence-electron chi connectivity index (χ3n) is 4.48. The van der Waals surface area contributed by atoms with Gasteiger partial charge in [-0.2, -0.15) is 0 Å². The van der Waals surface area contributed by atoms with E-state index in [1.165, 1.54) is 23.8 Å². The normalized spacial score (nSPS) is 10.1. The fourth-order valence-electron chi connectivity index (χ4n) is 3.08. The highest BCUT2D eigenvalue weighted by atomic mass is 16.5. The van der Waals surface area contributed by atoms with Crippen molar-refractivity contribution in [1.29, 1.82) is 0 Å². The molecule has 4 rings (SSSR count). The van der Waals surface area contributed by atoms with Crippen molar-refractivity contribution in [3.8, 4) is 22.5 Å². The van der Waals surface area contributed by atoms with Gasteiger partial charge in [0.25, 0.3) is 0 Å². The lowest BCUT2D eigenvalue weighted by molar-refractivity contribution is 0.0600. The zero-order valence-electron chi connectivity index (χ0n) is 17.4. The summed E-state index contributed by atoms with van der Waals surface area (Å²) in [4.78, 5) is 20.5. The standard InChI is InChI=1S/C23H19N3O2.C2H6/c1-28-23(27)20-10-11-24-21(13-20)22-15-26(16-25-22)14-17-6-5-9-19(12-17)18-7-3-2-4-8-18;1-2/h2-13,15-16H,14H2,1H3;1-2H3. The molecule has 0 spiro atoms. The summed E-state index contributed by atoms with van der Waals surface area (Å²) in [6.07, 6.45) is 5.29. The van der Waals surface area contributed by atoms with E-state index in [0.29, 0.717) is 23.5 Å². The first-order valence-electron chi connectivity index (χ1n) is 9.94. The molecular weight excluding hydrogens is 374 g/mol. The monoisotopic (exact) mass is 399 g/mol. The molecule has 2 heterocycles. The van der Waals surface area contributed by atoms with E-state index in [9.17, 15) is 4.79 Å². The third kappa shape index (κ3) is 5.00. The molecule has 5 nitrogen and oxygen atoms in total. The van der Waals surface area contributed by atoms with Crippen LogP contribution in [-0.2, 0) is 11.3 Å². The van der Waals surface area contributed by atoms with Crippen molar-refractivity contribution in [2.45, 2.75) is 20.4 Å². The number of methoxy groups -OCH3 is 1. The molecule has 0 fully saturated rings. The number of hydrogen-bond donors (Lipinski definition) is 0. The van der Waals surface area contributed by atoms with E-state index in [0.717, 1.165) is 0 Å². The van der Waals surface area contributed by atoms with E-state index in [1.807, 2.05) is 42.8 Å². The molecule has 4 aromatic rings. The minimum absolute atomic E-state index is 0.388. The summed E-state index contributed by atoms with van der Waals surface area (Å²) in [5.41, 5.74) is 5.37. The van der Waals surface area contributed by atoms with Gasteiger partial charge in [-0.25, -0.2) is 9.78 Å². The topological polar surface area (TPSA) is 57.0 Å². The Balaban J connectivity index is 0.00000124. The molecule has 0 bridgehead atoms. The second-order valence-electron chi connectivity index (χ2n) is 6.42.